The van der Waals surface area contributed by atoms with Gasteiger partial charge in [-0.05, 0) is 56.3 Å². The first kappa shape index (κ1) is 24.5. The van der Waals surface area contributed by atoms with Crippen molar-refractivity contribution in [2.24, 2.45) is 0 Å². The first-order valence-electron chi connectivity index (χ1n) is 9.73. The molecule has 1 heterocycles. The summed E-state index contributed by atoms with van der Waals surface area (Å²) in [6, 6.07) is 10.3. The van der Waals surface area contributed by atoms with Crippen molar-refractivity contribution >= 4 is 55.1 Å². The highest BCUT2D eigenvalue weighted by molar-refractivity contribution is 9.10. The lowest BCUT2D eigenvalue weighted by Crippen LogP contribution is -2.49. The molecule has 2 unspecified atom stereocenters. The van der Waals surface area contributed by atoms with E-state index in [1.165, 1.54) is 12.1 Å². The number of amides is 1. The number of esters is 1. The van der Waals surface area contributed by atoms with Crippen LogP contribution in [-0.2, 0) is 24.3 Å². The monoisotopic (exact) mass is 544 g/mol. The van der Waals surface area contributed by atoms with Crippen molar-refractivity contribution in [3.8, 4) is 0 Å². The highest BCUT2D eigenvalue weighted by Crippen LogP contribution is 2.24. The summed E-state index contributed by atoms with van der Waals surface area (Å²) in [6.45, 7) is 4.03. The van der Waals surface area contributed by atoms with Crippen LogP contribution in [-0.4, -0.2) is 57.1 Å². The molecular formula is C21H22BrClN2O6S. The third kappa shape index (κ3) is 6.22. The first-order valence-corrected chi connectivity index (χ1v) is 12.4. The molecular weight excluding hydrogens is 524 g/mol. The van der Waals surface area contributed by atoms with Crippen LogP contribution in [0.15, 0.2) is 51.8 Å². The van der Waals surface area contributed by atoms with Crippen LogP contribution in [0.2, 0.25) is 5.02 Å². The third-order valence-corrected chi connectivity index (χ3v) is 6.90. The Bertz CT molecular complexity index is 1100. The lowest BCUT2D eigenvalue weighted by atomic mass is 10.2. The largest absolute Gasteiger partial charge is 0.452 e. The predicted octanol–water partition coefficient (Wildman–Crippen LogP) is 3.70. The van der Waals surface area contributed by atoms with Crippen LogP contribution in [0.25, 0.3) is 0 Å². The van der Waals surface area contributed by atoms with E-state index in [0.29, 0.717) is 18.8 Å². The Hall–Kier alpha value is -2.14. The van der Waals surface area contributed by atoms with Gasteiger partial charge in [0, 0.05) is 23.2 Å². The zero-order valence-corrected chi connectivity index (χ0v) is 20.5. The van der Waals surface area contributed by atoms with E-state index in [1.807, 2.05) is 13.8 Å². The molecule has 0 radical (unpaired) electrons. The maximum Gasteiger partial charge on any atom is 0.340 e. The molecule has 0 bridgehead atoms. The van der Waals surface area contributed by atoms with Crippen molar-refractivity contribution < 1.29 is 27.5 Å². The van der Waals surface area contributed by atoms with Gasteiger partial charge in [0.25, 0.3) is 15.9 Å². The number of nitrogens with zero attached hydrogens (tertiary/aromatic N) is 1. The summed E-state index contributed by atoms with van der Waals surface area (Å²) in [5.41, 5.74) is 0.203. The average Bonchev–Trinajstić information content (AvgIpc) is 2.72. The fraction of sp³-hybridized carbons (Fsp3) is 0.333. The summed E-state index contributed by atoms with van der Waals surface area (Å²) in [7, 11) is -3.98. The van der Waals surface area contributed by atoms with E-state index in [1.54, 1.807) is 29.2 Å². The van der Waals surface area contributed by atoms with Gasteiger partial charge in [-0.25, -0.2) is 13.2 Å². The Morgan fingerprint density at radius 1 is 1.16 bits per heavy atom. The van der Waals surface area contributed by atoms with Crippen LogP contribution in [0.4, 0.5) is 5.69 Å². The van der Waals surface area contributed by atoms with E-state index in [4.69, 9.17) is 21.1 Å². The number of hydrogen-bond acceptors (Lipinski definition) is 6. The highest BCUT2D eigenvalue weighted by atomic mass is 79.9. The van der Waals surface area contributed by atoms with Gasteiger partial charge in [-0.1, -0.05) is 27.5 Å². The number of halogens is 2. The van der Waals surface area contributed by atoms with Gasteiger partial charge in [0.05, 0.1) is 27.7 Å². The van der Waals surface area contributed by atoms with Crippen LogP contribution >= 0.6 is 27.5 Å². The molecule has 172 valence electrons. The fourth-order valence-electron chi connectivity index (χ4n) is 3.24. The highest BCUT2D eigenvalue weighted by Gasteiger charge is 2.27. The Morgan fingerprint density at radius 2 is 1.78 bits per heavy atom. The summed E-state index contributed by atoms with van der Waals surface area (Å²) >= 11 is 9.37. The van der Waals surface area contributed by atoms with E-state index in [9.17, 15) is 18.0 Å². The van der Waals surface area contributed by atoms with Crippen molar-refractivity contribution in [3.63, 3.8) is 0 Å². The molecule has 0 aromatic heterocycles. The van der Waals surface area contributed by atoms with Gasteiger partial charge >= 0.3 is 5.97 Å². The van der Waals surface area contributed by atoms with E-state index < -0.39 is 22.6 Å². The van der Waals surface area contributed by atoms with E-state index in [-0.39, 0.29) is 33.6 Å². The van der Waals surface area contributed by atoms with Crippen molar-refractivity contribution in [3.05, 3.63) is 57.5 Å². The normalized spacial score (nSPS) is 18.8. The van der Waals surface area contributed by atoms with Crippen LogP contribution in [0.1, 0.15) is 24.2 Å². The third-order valence-electron chi connectivity index (χ3n) is 4.66. The van der Waals surface area contributed by atoms with Crippen molar-refractivity contribution in [2.75, 3.05) is 24.4 Å². The van der Waals surface area contributed by atoms with Gasteiger partial charge in [-0.3, -0.25) is 9.52 Å². The molecule has 0 aliphatic carbocycles. The minimum absolute atomic E-state index is 0.0126. The molecule has 2 aromatic carbocycles. The molecule has 32 heavy (non-hydrogen) atoms. The van der Waals surface area contributed by atoms with Gasteiger partial charge in [-0.2, -0.15) is 0 Å². The van der Waals surface area contributed by atoms with E-state index in [0.717, 1.165) is 10.5 Å². The number of carbonyl (C=O) groups is 2. The summed E-state index contributed by atoms with van der Waals surface area (Å²) < 4.78 is 39.4. The lowest BCUT2D eigenvalue weighted by Gasteiger charge is -2.35. The standard InChI is InChI=1S/C21H22BrClN2O6S/c1-13-10-25(11-14(2)31-13)20(26)12-30-21(27)18-9-17(7-8-19(18)23)32(28,29)24-16-5-3-15(22)4-6-16/h3-9,13-14,24H,10-12H2,1-2H3. The molecule has 1 amide bonds. The molecule has 0 spiro atoms. The van der Waals surface area contributed by atoms with Gasteiger partial charge in [0.2, 0.25) is 0 Å². The molecule has 1 saturated heterocycles. The van der Waals surface area contributed by atoms with Crippen LogP contribution in [0.5, 0.6) is 0 Å². The van der Waals surface area contributed by atoms with Gasteiger partial charge in [0.15, 0.2) is 6.61 Å². The van der Waals surface area contributed by atoms with Gasteiger partial charge in [0.1, 0.15) is 0 Å². The fourth-order valence-corrected chi connectivity index (χ4v) is 4.78. The van der Waals surface area contributed by atoms with Crippen molar-refractivity contribution in [2.45, 2.75) is 31.0 Å². The second-order valence-corrected chi connectivity index (χ2v) is 10.4. The van der Waals surface area contributed by atoms with Gasteiger partial charge in [-0.15, -0.1) is 0 Å². The molecule has 1 N–H and O–H groups in total. The number of benzene rings is 2. The zero-order valence-electron chi connectivity index (χ0n) is 17.4. The van der Waals surface area contributed by atoms with Crippen LogP contribution in [0, 0.1) is 0 Å². The number of anilines is 1. The Kier molecular flexibility index (Phi) is 7.81. The van der Waals surface area contributed by atoms with E-state index >= 15 is 0 Å². The number of sulfonamides is 1. The molecule has 1 fully saturated rings. The Labute approximate surface area is 200 Å². The van der Waals surface area contributed by atoms with Gasteiger partial charge < -0.3 is 14.4 Å². The zero-order chi connectivity index (χ0) is 23.5. The number of morpholine rings is 1. The lowest BCUT2D eigenvalue weighted by molar-refractivity contribution is -0.146. The summed E-state index contributed by atoms with van der Waals surface area (Å²) in [4.78, 5) is 26.3. The summed E-state index contributed by atoms with van der Waals surface area (Å²) in [5, 5.41) is 0.0126. The quantitative estimate of drug-likeness (QED) is 0.556. The number of hydrogen-bond donors (Lipinski definition) is 1. The summed E-state index contributed by atoms with van der Waals surface area (Å²) in [5.74, 6) is -1.25. The van der Waals surface area contributed by atoms with E-state index in [2.05, 4.69) is 20.7 Å². The molecule has 2 aromatic rings. The maximum absolute atomic E-state index is 12.7. The predicted molar refractivity (Wildman–Crippen MR) is 123 cm³/mol. The molecule has 0 saturated carbocycles. The topological polar surface area (TPSA) is 102 Å². The van der Waals surface area contributed by atoms with Crippen LogP contribution in [0.3, 0.4) is 0 Å². The van der Waals surface area contributed by atoms with Crippen LogP contribution < -0.4 is 4.72 Å². The molecule has 1 aliphatic rings. The smallest absolute Gasteiger partial charge is 0.340 e. The number of ether oxygens (including phenoxy) is 2. The minimum Gasteiger partial charge on any atom is -0.452 e. The SMILES string of the molecule is CC1CN(C(=O)COC(=O)c2cc(S(=O)(=O)Nc3ccc(Br)cc3)ccc2Cl)CC(C)O1. The maximum atomic E-state index is 12.7. The number of rotatable bonds is 6. The number of nitrogens with one attached hydrogen (secondary N) is 1. The average molecular weight is 546 g/mol. The Morgan fingerprint density at radius 3 is 2.41 bits per heavy atom. The molecule has 11 heteroatoms. The first-order chi connectivity index (χ1) is 15.0. The van der Waals surface area contributed by atoms with Crippen molar-refractivity contribution in [1.29, 1.82) is 0 Å². The minimum atomic E-state index is -3.98. The van der Waals surface area contributed by atoms with Crippen molar-refractivity contribution in [1.82, 2.24) is 4.90 Å². The molecule has 3 rings (SSSR count). The summed E-state index contributed by atoms with van der Waals surface area (Å²) in [6.07, 6.45) is -0.235. The molecule has 1 aliphatic heterocycles. The molecule has 8 nitrogen and oxygen atoms in total. The number of carbonyl (C=O) groups excluding carboxylic acids is 2. The second-order valence-electron chi connectivity index (χ2n) is 7.39. The second kappa shape index (κ2) is 10.2. The molecule has 2 atom stereocenters. The Balaban J connectivity index is 1.70.